The quantitative estimate of drug-likeness (QED) is 0.848. The zero-order valence-electron chi connectivity index (χ0n) is 12.4. The molecule has 1 aliphatic heterocycles. The number of hydrogen-bond acceptors (Lipinski definition) is 2. The summed E-state index contributed by atoms with van der Waals surface area (Å²) in [6.07, 6.45) is 8.42. The van der Waals surface area contributed by atoms with Crippen LogP contribution >= 0.6 is 0 Å². The first kappa shape index (κ1) is 12.7. The molecular formula is C18H26N2. The van der Waals surface area contributed by atoms with Crippen LogP contribution < -0.4 is 5.32 Å². The minimum atomic E-state index is 1.01. The molecule has 0 atom stereocenters. The molecule has 20 heavy (non-hydrogen) atoms. The molecule has 2 heteroatoms. The van der Waals surface area contributed by atoms with E-state index < -0.39 is 0 Å². The molecule has 0 radical (unpaired) electrons. The first-order chi connectivity index (χ1) is 9.88. The largest absolute Gasteiger partial charge is 0.385 e. The van der Waals surface area contributed by atoms with Crippen molar-refractivity contribution in [1.29, 1.82) is 0 Å². The summed E-state index contributed by atoms with van der Waals surface area (Å²) in [7, 11) is 0. The van der Waals surface area contributed by atoms with Gasteiger partial charge in [-0.3, -0.25) is 4.90 Å². The van der Waals surface area contributed by atoms with Crippen LogP contribution in [0.3, 0.4) is 0 Å². The van der Waals surface area contributed by atoms with Gasteiger partial charge in [0.25, 0.3) is 0 Å². The first-order valence-electron chi connectivity index (χ1n) is 8.45. The molecule has 108 valence electrons. The van der Waals surface area contributed by atoms with E-state index in [1.54, 1.807) is 11.1 Å². The Morgan fingerprint density at radius 1 is 1.05 bits per heavy atom. The highest BCUT2D eigenvalue weighted by atomic mass is 15.1. The lowest BCUT2D eigenvalue weighted by Gasteiger charge is -2.26. The molecule has 4 rings (SSSR count). The normalized spacial score (nSPS) is 21.6. The van der Waals surface area contributed by atoms with Crippen LogP contribution in [0, 0.1) is 11.8 Å². The number of nitrogens with zero attached hydrogens (tertiary/aromatic N) is 1. The summed E-state index contributed by atoms with van der Waals surface area (Å²) in [4.78, 5) is 2.75. The summed E-state index contributed by atoms with van der Waals surface area (Å²) in [5.74, 6) is 2.01. The van der Waals surface area contributed by atoms with E-state index in [1.807, 2.05) is 0 Å². The van der Waals surface area contributed by atoms with Gasteiger partial charge in [0, 0.05) is 31.9 Å². The number of rotatable bonds is 6. The van der Waals surface area contributed by atoms with Gasteiger partial charge in [0.1, 0.15) is 0 Å². The lowest BCUT2D eigenvalue weighted by Crippen LogP contribution is -2.28. The van der Waals surface area contributed by atoms with Crippen LogP contribution in [0.25, 0.3) is 0 Å². The maximum atomic E-state index is 3.56. The maximum absolute atomic E-state index is 3.56. The van der Waals surface area contributed by atoms with Crippen LogP contribution in [-0.4, -0.2) is 24.5 Å². The van der Waals surface area contributed by atoms with Crippen molar-refractivity contribution < 1.29 is 0 Å². The van der Waals surface area contributed by atoms with Gasteiger partial charge in [0.05, 0.1) is 0 Å². The van der Waals surface area contributed by atoms with E-state index in [-0.39, 0.29) is 0 Å². The molecular weight excluding hydrogens is 244 g/mol. The van der Waals surface area contributed by atoms with Gasteiger partial charge in [0.15, 0.2) is 0 Å². The summed E-state index contributed by atoms with van der Waals surface area (Å²) in [5.41, 5.74) is 4.57. The Bertz CT molecular complexity index is 460. The number of anilines is 1. The SMILES string of the molecule is c1cc(CN(CC2CC2)CC2CC2)c2c(c1)NCCC2. The number of hydrogen-bond donors (Lipinski definition) is 1. The van der Waals surface area contributed by atoms with Gasteiger partial charge in [-0.15, -0.1) is 0 Å². The lowest BCUT2D eigenvalue weighted by atomic mass is 9.97. The van der Waals surface area contributed by atoms with E-state index >= 15 is 0 Å². The lowest BCUT2D eigenvalue weighted by molar-refractivity contribution is 0.243. The van der Waals surface area contributed by atoms with E-state index in [4.69, 9.17) is 0 Å². The number of benzene rings is 1. The smallest absolute Gasteiger partial charge is 0.0375 e. The van der Waals surface area contributed by atoms with E-state index in [0.29, 0.717) is 0 Å². The Morgan fingerprint density at radius 3 is 2.50 bits per heavy atom. The monoisotopic (exact) mass is 270 g/mol. The molecule has 2 fully saturated rings. The molecule has 2 nitrogen and oxygen atoms in total. The summed E-state index contributed by atoms with van der Waals surface area (Å²) in [6.45, 7) is 5.00. The van der Waals surface area contributed by atoms with Crippen molar-refractivity contribution in [2.75, 3.05) is 25.0 Å². The Kier molecular flexibility index (Phi) is 3.43. The van der Waals surface area contributed by atoms with Crippen molar-refractivity contribution >= 4 is 5.69 Å². The van der Waals surface area contributed by atoms with Gasteiger partial charge in [-0.1, -0.05) is 12.1 Å². The first-order valence-corrected chi connectivity index (χ1v) is 8.45. The minimum absolute atomic E-state index is 1.01. The molecule has 3 aliphatic rings. The Labute approximate surface area is 122 Å². The van der Waals surface area contributed by atoms with Crippen molar-refractivity contribution in [3.8, 4) is 0 Å². The summed E-state index contributed by atoms with van der Waals surface area (Å²) in [5, 5.41) is 3.56. The minimum Gasteiger partial charge on any atom is -0.385 e. The average Bonchev–Trinajstić information content (AvgIpc) is 3.36. The van der Waals surface area contributed by atoms with Crippen molar-refractivity contribution in [1.82, 2.24) is 4.90 Å². The molecule has 1 aromatic carbocycles. The van der Waals surface area contributed by atoms with E-state index in [0.717, 1.165) is 18.4 Å². The predicted octanol–water partition coefficient (Wildman–Crippen LogP) is 3.67. The third kappa shape index (κ3) is 3.01. The second kappa shape index (κ2) is 5.40. The molecule has 0 bridgehead atoms. The van der Waals surface area contributed by atoms with Gasteiger partial charge in [-0.25, -0.2) is 0 Å². The van der Waals surface area contributed by atoms with Crippen molar-refractivity contribution in [3.63, 3.8) is 0 Å². The number of nitrogens with one attached hydrogen (secondary N) is 1. The predicted molar refractivity (Wildman–Crippen MR) is 84.0 cm³/mol. The molecule has 1 heterocycles. The second-order valence-electron chi connectivity index (χ2n) is 7.05. The summed E-state index contributed by atoms with van der Waals surface area (Å²) in [6, 6.07) is 6.85. The molecule has 0 spiro atoms. The van der Waals surface area contributed by atoms with Crippen LogP contribution in [0.5, 0.6) is 0 Å². The highest BCUT2D eigenvalue weighted by Crippen LogP contribution is 2.35. The van der Waals surface area contributed by atoms with Gasteiger partial charge < -0.3 is 5.32 Å². The van der Waals surface area contributed by atoms with E-state index in [1.165, 1.54) is 63.8 Å². The number of fused-ring (bicyclic) bond motifs is 1. The zero-order chi connectivity index (χ0) is 13.4. The van der Waals surface area contributed by atoms with Crippen molar-refractivity contribution in [2.45, 2.75) is 45.1 Å². The van der Waals surface area contributed by atoms with E-state index in [9.17, 15) is 0 Å². The zero-order valence-corrected chi connectivity index (χ0v) is 12.4. The molecule has 1 aromatic rings. The highest BCUT2D eigenvalue weighted by molar-refractivity contribution is 5.56. The van der Waals surface area contributed by atoms with Crippen molar-refractivity contribution in [3.05, 3.63) is 29.3 Å². The van der Waals surface area contributed by atoms with Gasteiger partial charge >= 0.3 is 0 Å². The third-order valence-corrected chi connectivity index (χ3v) is 5.01. The molecule has 2 saturated carbocycles. The third-order valence-electron chi connectivity index (χ3n) is 5.01. The van der Waals surface area contributed by atoms with Crippen LogP contribution in [0.1, 0.15) is 43.2 Å². The summed E-state index contributed by atoms with van der Waals surface area (Å²) >= 11 is 0. The van der Waals surface area contributed by atoms with Crippen LogP contribution in [0.4, 0.5) is 5.69 Å². The van der Waals surface area contributed by atoms with Gasteiger partial charge in [-0.05, 0) is 67.6 Å². The molecule has 1 N–H and O–H groups in total. The van der Waals surface area contributed by atoms with E-state index in [2.05, 4.69) is 28.4 Å². The Balaban J connectivity index is 1.49. The van der Waals surface area contributed by atoms with Gasteiger partial charge in [-0.2, -0.15) is 0 Å². The standard InChI is InChI=1S/C18H26N2/c1-3-16(17-4-2-10-19-18(17)5-1)13-20(11-14-6-7-14)12-15-8-9-15/h1,3,5,14-15,19H,2,4,6-13H2. The van der Waals surface area contributed by atoms with Crippen molar-refractivity contribution in [2.24, 2.45) is 11.8 Å². The fraction of sp³-hybridized carbons (Fsp3) is 0.667. The highest BCUT2D eigenvalue weighted by Gasteiger charge is 2.29. The van der Waals surface area contributed by atoms with Crippen LogP contribution in [0.2, 0.25) is 0 Å². The van der Waals surface area contributed by atoms with Crippen LogP contribution in [0.15, 0.2) is 18.2 Å². The molecule has 2 aliphatic carbocycles. The average molecular weight is 270 g/mol. The fourth-order valence-corrected chi connectivity index (χ4v) is 3.51. The summed E-state index contributed by atoms with van der Waals surface area (Å²) < 4.78 is 0. The van der Waals surface area contributed by atoms with Crippen LogP contribution in [-0.2, 0) is 13.0 Å². The molecule has 0 saturated heterocycles. The maximum Gasteiger partial charge on any atom is 0.0375 e. The Morgan fingerprint density at radius 2 is 1.80 bits per heavy atom. The molecule has 0 aromatic heterocycles. The fourth-order valence-electron chi connectivity index (χ4n) is 3.51. The van der Waals surface area contributed by atoms with Gasteiger partial charge in [0.2, 0.25) is 0 Å². The molecule has 0 amide bonds. The Hall–Kier alpha value is -1.02. The topological polar surface area (TPSA) is 15.3 Å². The second-order valence-corrected chi connectivity index (χ2v) is 7.05. The molecule has 0 unspecified atom stereocenters.